The van der Waals surface area contributed by atoms with Crippen LogP contribution < -0.4 is 4.74 Å². The fraction of sp³-hybridized carbons (Fsp3) is 0.625. The van der Waals surface area contributed by atoms with Gasteiger partial charge in [0.1, 0.15) is 6.61 Å². The molecule has 0 aliphatic heterocycles. The molecular weight excluding hydrogens is 291 g/mol. The summed E-state index contributed by atoms with van der Waals surface area (Å²) in [6.07, 6.45) is 0.644. The van der Waals surface area contributed by atoms with Gasteiger partial charge in [0, 0.05) is 13.2 Å². The van der Waals surface area contributed by atoms with Crippen LogP contribution in [-0.2, 0) is 14.2 Å². The van der Waals surface area contributed by atoms with Crippen molar-refractivity contribution in [2.45, 2.75) is 13.3 Å². The molecule has 0 saturated heterocycles. The first kappa shape index (κ1) is 18.8. The molecule has 1 aromatic rings. The molecule has 0 atom stereocenters. The van der Waals surface area contributed by atoms with Gasteiger partial charge in [0.15, 0.2) is 11.6 Å². The second kappa shape index (κ2) is 12.3. The minimum atomic E-state index is -0.357. The Morgan fingerprint density at radius 2 is 1.50 bits per heavy atom. The molecule has 6 heteroatoms. The first-order valence-corrected chi connectivity index (χ1v) is 7.47. The van der Waals surface area contributed by atoms with E-state index in [4.69, 9.17) is 24.1 Å². The van der Waals surface area contributed by atoms with E-state index in [1.165, 1.54) is 6.07 Å². The maximum Gasteiger partial charge on any atom is 0.165 e. The van der Waals surface area contributed by atoms with Crippen LogP contribution in [0.25, 0.3) is 0 Å². The number of aliphatic hydroxyl groups is 1. The first-order valence-electron chi connectivity index (χ1n) is 7.47. The molecule has 0 aliphatic carbocycles. The third-order valence-corrected chi connectivity index (χ3v) is 2.76. The van der Waals surface area contributed by atoms with Crippen molar-refractivity contribution < 1.29 is 28.4 Å². The molecule has 0 aliphatic rings. The summed E-state index contributed by atoms with van der Waals surface area (Å²) in [6.45, 7) is 5.13. The molecule has 0 radical (unpaired) electrons. The molecule has 0 spiro atoms. The van der Waals surface area contributed by atoms with E-state index in [0.29, 0.717) is 52.7 Å². The van der Waals surface area contributed by atoms with Gasteiger partial charge in [-0.25, -0.2) is 4.39 Å². The molecule has 0 aromatic heterocycles. The van der Waals surface area contributed by atoms with Crippen molar-refractivity contribution in [1.29, 1.82) is 0 Å². The van der Waals surface area contributed by atoms with Gasteiger partial charge in [0.25, 0.3) is 0 Å². The van der Waals surface area contributed by atoms with Gasteiger partial charge in [0.05, 0.1) is 33.0 Å². The summed E-state index contributed by atoms with van der Waals surface area (Å²) >= 11 is 0. The monoisotopic (exact) mass is 316 g/mol. The lowest BCUT2D eigenvalue weighted by Gasteiger charge is -2.09. The number of benzene rings is 1. The standard InChI is InChI=1S/C16H25FO5/c1-14-3-4-16(15(17)13-14)22-12-11-21-10-9-20-8-7-19-6-2-5-18/h3-4,13,18H,2,5-12H2,1H3. The Kier molecular flexibility index (Phi) is 10.6. The molecule has 5 nitrogen and oxygen atoms in total. The van der Waals surface area contributed by atoms with Crippen LogP contribution in [0.3, 0.4) is 0 Å². The number of hydrogen-bond donors (Lipinski definition) is 1. The van der Waals surface area contributed by atoms with Crippen LogP contribution in [0, 0.1) is 12.7 Å². The highest BCUT2D eigenvalue weighted by molar-refractivity contribution is 5.28. The lowest BCUT2D eigenvalue weighted by Crippen LogP contribution is -2.13. The van der Waals surface area contributed by atoms with Gasteiger partial charge in [-0.15, -0.1) is 0 Å². The Bertz CT molecular complexity index is 400. The van der Waals surface area contributed by atoms with Crippen molar-refractivity contribution >= 4 is 0 Å². The fourth-order valence-corrected chi connectivity index (χ4v) is 1.64. The third-order valence-electron chi connectivity index (χ3n) is 2.76. The Labute approximate surface area is 130 Å². The van der Waals surface area contributed by atoms with E-state index in [9.17, 15) is 4.39 Å². The highest BCUT2D eigenvalue weighted by Gasteiger charge is 2.02. The summed E-state index contributed by atoms with van der Waals surface area (Å²) in [7, 11) is 0. The van der Waals surface area contributed by atoms with Crippen LogP contribution in [-0.4, -0.2) is 58.0 Å². The summed E-state index contributed by atoms with van der Waals surface area (Å²) < 4.78 is 34.6. The molecule has 0 bridgehead atoms. The van der Waals surface area contributed by atoms with E-state index >= 15 is 0 Å². The van der Waals surface area contributed by atoms with Gasteiger partial charge in [-0.1, -0.05) is 6.07 Å². The van der Waals surface area contributed by atoms with Crippen LogP contribution in [0.1, 0.15) is 12.0 Å². The fourth-order valence-electron chi connectivity index (χ4n) is 1.64. The van der Waals surface area contributed by atoms with Crippen LogP contribution in [0.15, 0.2) is 18.2 Å². The zero-order chi connectivity index (χ0) is 16.0. The zero-order valence-corrected chi connectivity index (χ0v) is 13.1. The number of hydrogen-bond acceptors (Lipinski definition) is 5. The molecule has 0 heterocycles. The molecule has 0 amide bonds. The molecule has 0 fully saturated rings. The maximum absolute atomic E-state index is 13.5. The van der Waals surface area contributed by atoms with Crippen LogP contribution in [0.4, 0.5) is 4.39 Å². The predicted octanol–water partition coefficient (Wildman–Crippen LogP) is 1.95. The van der Waals surface area contributed by atoms with E-state index in [-0.39, 0.29) is 18.2 Å². The van der Waals surface area contributed by atoms with Gasteiger partial charge in [-0.2, -0.15) is 0 Å². The number of rotatable bonds is 13. The summed E-state index contributed by atoms with van der Waals surface area (Å²) in [5, 5.41) is 8.55. The number of halogens is 1. The molecular formula is C16H25FO5. The summed E-state index contributed by atoms with van der Waals surface area (Å²) in [4.78, 5) is 0. The van der Waals surface area contributed by atoms with Crippen molar-refractivity contribution in [2.24, 2.45) is 0 Å². The van der Waals surface area contributed by atoms with Gasteiger partial charge >= 0.3 is 0 Å². The zero-order valence-electron chi connectivity index (χ0n) is 13.1. The second-order valence-corrected chi connectivity index (χ2v) is 4.70. The predicted molar refractivity (Wildman–Crippen MR) is 80.8 cm³/mol. The molecule has 0 saturated carbocycles. The normalized spacial score (nSPS) is 10.9. The van der Waals surface area contributed by atoms with Crippen molar-refractivity contribution in [3.8, 4) is 5.75 Å². The van der Waals surface area contributed by atoms with E-state index in [2.05, 4.69) is 0 Å². The lowest BCUT2D eigenvalue weighted by molar-refractivity contribution is 0.00735. The molecule has 0 unspecified atom stereocenters. The van der Waals surface area contributed by atoms with E-state index in [1.54, 1.807) is 12.1 Å². The molecule has 22 heavy (non-hydrogen) atoms. The molecule has 1 rings (SSSR count). The highest BCUT2D eigenvalue weighted by Crippen LogP contribution is 2.17. The summed E-state index contributed by atoms with van der Waals surface area (Å²) in [5.41, 5.74) is 0.860. The van der Waals surface area contributed by atoms with Crippen LogP contribution in [0.2, 0.25) is 0 Å². The maximum atomic E-state index is 13.5. The Balaban J connectivity index is 1.89. The van der Waals surface area contributed by atoms with Gasteiger partial charge < -0.3 is 24.1 Å². The van der Waals surface area contributed by atoms with Crippen molar-refractivity contribution in [3.05, 3.63) is 29.6 Å². The second-order valence-electron chi connectivity index (χ2n) is 4.70. The quantitative estimate of drug-likeness (QED) is 0.564. The number of ether oxygens (including phenoxy) is 4. The van der Waals surface area contributed by atoms with Gasteiger partial charge in [-0.3, -0.25) is 0 Å². The minimum absolute atomic E-state index is 0.142. The smallest absolute Gasteiger partial charge is 0.165 e. The topological polar surface area (TPSA) is 57.2 Å². The third kappa shape index (κ3) is 8.94. The SMILES string of the molecule is Cc1ccc(OCCOCCOCCOCCCO)c(F)c1. The van der Waals surface area contributed by atoms with Gasteiger partial charge in [-0.05, 0) is 31.0 Å². The highest BCUT2D eigenvalue weighted by atomic mass is 19.1. The van der Waals surface area contributed by atoms with Crippen molar-refractivity contribution in [3.63, 3.8) is 0 Å². The number of aliphatic hydroxyl groups excluding tert-OH is 1. The Morgan fingerprint density at radius 1 is 0.909 bits per heavy atom. The summed E-state index contributed by atoms with van der Waals surface area (Å²) in [6, 6.07) is 4.85. The van der Waals surface area contributed by atoms with Crippen LogP contribution in [0.5, 0.6) is 5.75 Å². The van der Waals surface area contributed by atoms with E-state index < -0.39 is 0 Å². The molecule has 1 N–H and O–H groups in total. The molecule has 126 valence electrons. The van der Waals surface area contributed by atoms with Crippen molar-refractivity contribution in [1.82, 2.24) is 0 Å². The van der Waals surface area contributed by atoms with E-state index in [0.717, 1.165) is 5.56 Å². The number of aryl methyl sites for hydroxylation is 1. The minimum Gasteiger partial charge on any atom is -0.488 e. The largest absolute Gasteiger partial charge is 0.488 e. The van der Waals surface area contributed by atoms with E-state index in [1.807, 2.05) is 6.92 Å². The Morgan fingerprint density at radius 3 is 2.09 bits per heavy atom. The average Bonchev–Trinajstić information content (AvgIpc) is 2.50. The first-order chi connectivity index (χ1) is 10.7. The van der Waals surface area contributed by atoms with Gasteiger partial charge in [0.2, 0.25) is 0 Å². The van der Waals surface area contributed by atoms with Crippen LogP contribution >= 0.6 is 0 Å². The molecule has 1 aromatic carbocycles. The average molecular weight is 316 g/mol. The van der Waals surface area contributed by atoms with Crippen molar-refractivity contribution in [2.75, 3.05) is 52.9 Å². The summed E-state index contributed by atoms with van der Waals surface area (Å²) in [5.74, 6) is -0.116. The Hall–Kier alpha value is -1.21. The lowest BCUT2D eigenvalue weighted by atomic mass is 10.2.